The van der Waals surface area contributed by atoms with Gasteiger partial charge >= 0.3 is 0 Å². The van der Waals surface area contributed by atoms with Crippen molar-refractivity contribution in [1.82, 2.24) is 9.78 Å². The lowest BCUT2D eigenvalue weighted by Gasteiger charge is -2.05. The summed E-state index contributed by atoms with van der Waals surface area (Å²) in [6.45, 7) is 4.07. The molecule has 19 heavy (non-hydrogen) atoms. The number of hydrogen-bond donors (Lipinski definition) is 1. The number of aryl methyl sites for hydroxylation is 3. The van der Waals surface area contributed by atoms with Gasteiger partial charge in [-0.05, 0) is 43.2 Å². The summed E-state index contributed by atoms with van der Waals surface area (Å²) in [5, 5.41) is 6.87. The quantitative estimate of drug-likeness (QED) is 0.857. The Hall–Kier alpha value is -2.36. The predicted octanol–water partition coefficient (Wildman–Crippen LogP) is 2.69. The topological polar surface area (TPSA) is 46.9 Å². The van der Waals surface area contributed by atoms with Crippen LogP contribution in [0.4, 0.5) is 5.69 Å². The van der Waals surface area contributed by atoms with Gasteiger partial charge in [-0.3, -0.25) is 9.48 Å². The van der Waals surface area contributed by atoms with Crippen molar-refractivity contribution in [3.05, 3.63) is 53.4 Å². The molecule has 2 rings (SSSR count). The molecule has 1 heterocycles. The van der Waals surface area contributed by atoms with Gasteiger partial charge in [0.05, 0.1) is 6.20 Å². The Labute approximate surface area is 112 Å². The van der Waals surface area contributed by atoms with Crippen LogP contribution in [-0.2, 0) is 11.8 Å². The molecule has 0 saturated heterocycles. The zero-order valence-electron chi connectivity index (χ0n) is 11.3. The Bertz CT molecular complexity index is 626. The smallest absolute Gasteiger partial charge is 0.248 e. The third-order valence-electron chi connectivity index (χ3n) is 2.93. The average Bonchev–Trinajstić information content (AvgIpc) is 2.77. The molecule has 4 nitrogen and oxygen atoms in total. The van der Waals surface area contributed by atoms with E-state index < -0.39 is 0 Å². The molecule has 0 aliphatic carbocycles. The lowest BCUT2D eigenvalue weighted by atomic mass is 10.1. The fourth-order valence-electron chi connectivity index (χ4n) is 1.70. The van der Waals surface area contributed by atoms with Crippen LogP contribution < -0.4 is 5.32 Å². The number of nitrogens with zero attached hydrogens (tertiary/aromatic N) is 2. The lowest BCUT2D eigenvalue weighted by Crippen LogP contribution is -2.07. The van der Waals surface area contributed by atoms with Crippen molar-refractivity contribution in [2.45, 2.75) is 13.8 Å². The molecule has 1 aromatic carbocycles. The molecule has 0 aliphatic rings. The molecule has 0 atom stereocenters. The number of benzene rings is 1. The van der Waals surface area contributed by atoms with Crippen molar-refractivity contribution in [2.75, 3.05) is 5.32 Å². The van der Waals surface area contributed by atoms with Crippen LogP contribution in [0.5, 0.6) is 0 Å². The van der Waals surface area contributed by atoms with Crippen LogP contribution in [0.25, 0.3) is 6.08 Å². The Morgan fingerprint density at radius 2 is 2.11 bits per heavy atom. The summed E-state index contributed by atoms with van der Waals surface area (Å²) in [5.41, 5.74) is 4.08. The number of carbonyl (C=O) groups is 1. The summed E-state index contributed by atoms with van der Waals surface area (Å²) in [4.78, 5) is 11.8. The Balaban J connectivity index is 2.01. The molecule has 1 N–H and O–H groups in total. The second kappa shape index (κ2) is 5.52. The molecule has 0 saturated carbocycles. The second-order valence-corrected chi connectivity index (χ2v) is 4.57. The highest BCUT2D eigenvalue weighted by Crippen LogP contribution is 2.14. The van der Waals surface area contributed by atoms with Gasteiger partial charge in [-0.2, -0.15) is 5.10 Å². The highest BCUT2D eigenvalue weighted by molar-refractivity contribution is 6.01. The number of rotatable bonds is 3. The maximum absolute atomic E-state index is 11.8. The first-order valence-corrected chi connectivity index (χ1v) is 6.09. The van der Waals surface area contributed by atoms with Gasteiger partial charge in [-0.15, -0.1) is 0 Å². The summed E-state index contributed by atoms with van der Waals surface area (Å²) >= 11 is 0. The van der Waals surface area contributed by atoms with Gasteiger partial charge in [0, 0.05) is 30.6 Å². The normalized spacial score (nSPS) is 10.9. The third-order valence-corrected chi connectivity index (χ3v) is 2.93. The summed E-state index contributed by atoms with van der Waals surface area (Å²) < 4.78 is 1.70. The molecule has 0 radical (unpaired) electrons. The molecule has 0 bridgehead atoms. The molecule has 1 aromatic heterocycles. The van der Waals surface area contributed by atoms with Crippen molar-refractivity contribution in [2.24, 2.45) is 7.05 Å². The summed E-state index contributed by atoms with van der Waals surface area (Å²) in [6, 6.07) is 5.86. The molecule has 1 amide bonds. The van der Waals surface area contributed by atoms with Crippen molar-refractivity contribution in [1.29, 1.82) is 0 Å². The first-order valence-electron chi connectivity index (χ1n) is 6.09. The van der Waals surface area contributed by atoms with Gasteiger partial charge in [0.15, 0.2) is 0 Å². The van der Waals surface area contributed by atoms with Gasteiger partial charge in [-0.1, -0.05) is 6.07 Å². The zero-order chi connectivity index (χ0) is 13.8. The molecular weight excluding hydrogens is 238 g/mol. The van der Waals surface area contributed by atoms with E-state index in [1.165, 1.54) is 11.6 Å². The number of carbonyl (C=O) groups excluding carboxylic acids is 1. The van der Waals surface area contributed by atoms with E-state index in [2.05, 4.69) is 10.4 Å². The Morgan fingerprint density at radius 1 is 1.32 bits per heavy atom. The minimum absolute atomic E-state index is 0.146. The minimum Gasteiger partial charge on any atom is -0.323 e. The Kier molecular flexibility index (Phi) is 3.80. The van der Waals surface area contributed by atoms with E-state index in [1.54, 1.807) is 17.0 Å². The fraction of sp³-hybridized carbons (Fsp3) is 0.200. The van der Waals surface area contributed by atoms with Gasteiger partial charge in [-0.25, -0.2) is 0 Å². The van der Waals surface area contributed by atoms with Gasteiger partial charge in [0.25, 0.3) is 0 Å². The summed E-state index contributed by atoms with van der Waals surface area (Å²) in [5.74, 6) is -0.146. The molecule has 0 fully saturated rings. The maximum atomic E-state index is 11.8. The van der Waals surface area contributed by atoms with Crippen LogP contribution in [-0.4, -0.2) is 15.7 Å². The highest BCUT2D eigenvalue weighted by Gasteiger charge is 2.00. The van der Waals surface area contributed by atoms with Crippen LogP contribution in [0.1, 0.15) is 16.7 Å². The van der Waals surface area contributed by atoms with E-state index in [0.29, 0.717) is 0 Å². The number of nitrogens with one attached hydrogen (secondary N) is 1. The molecule has 0 aliphatic heterocycles. The molecule has 98 valence electrons. The number of hydrogen-bond acceptors (Lipinski definition) is 2. The molecule has 0 spiro atoms. The highest BCUT2D eigenvalue weighted by atomic mass is 16.1. The van der Waals surface area contributed by atoms with E-state index >= 15 is 0 Å². The van der Waals surface area contributed by atoms with Gasteiger partial charge in [0.2, 0.25) is 5.91 Å². The number of aromatic nitrogens is 2. The van der Waals surface area contributed by atoms with Crippen LogP contribution >= 0.6 is 0 Å². The molecular formula is C15H17N3O. The second-order valence-electron chi connectivity index (χ2n) is 4.57. The van der Waals surface area contributed by atoms with Crippen molar-refractivity contribution >= 4 is 17.7 Å². The Morgan fingerprint density at radius 3 is 2.74 bits per heavy atom. The number of anilines is 1. The maximum Gasteiger partial charge on any atom is 0.248 e. The van der Waals surface area contributed by atoms with Gasteiger partial charge < -0.3 is 5.32 Å². The third kappa shape index (κ3) is 3.55. The molecule has 2 aromatic rings. The van der Waals surface area contributed by atoms with Gasteiger partial charge in [0.1, 0.15) is 0 Å². The van der Waals surface area contributed by atoms with E-state index in [4.69, 9.17) is 0 Å². The van der Waals surface area contributed by atoms with Crippen LogP contribution in [0.15, 0.2) is 36.7 Å². The van der Waals surface area contributed by atoms with Crippen LogP contribution in [0.2, 0.25) is 0 Å². The average molecular weight is 255 g/mol. The predicted molar refractivity (Wildman–Crippen MR) is 76.8 cm³/mol. The fourth-order valence-corrected chi connectivity index (χ4v) is 1.70. The largest absolute Gasteiger partial charge is 0.323 e. The van der Waals surface area contributed by atoms with Crippen LogP contribution in [0.3, 0.4) is 0 Å². The molecule has 4 heteroatoms. The molecule has 0 unspecified atom stereocenters. The van der Waals surface area contributed by atoms with E-state index in [-0.39, 0.29) is 5.91 Å². The lowest BCUT2D eigenvalue weighted by molar-refractivity contribution is -0.111. The monoisotopic (exact) mass is 255 g/mol. The first-order chi connectivity index (χ1) is 9.04. The number of amides is 1. The minimum atomic E-state index is -0.146. The standard InChI is InChI=1S/C15H17N3O/c1-11-4-6-14(8-12(11)2)17-15(19)7-5-13-9-16-18(3)10-13/h4-10H,1-3H3,(H,17,19). The SMILES string of the molecule is Cc1ccc(NC(=O)C=Cc2cnn(C)c2)cc1C. The van der Waals surface area contributed by atoms with Crippen molar-refractivity contribution in [3.63, 3.8) is 0 Å². The van der Waals surface area contributed by atoms with Crippen molar-refractivity contribution < 1.29 is 4.79 Å². The van der Waals surface area contributed by atoms with Crippen molar-refractivity contribution in [3.8, 4) is 0 Å². The zero-order valence-corrected chi connectivity index (χ0v) is 11.3. The van der Waals surface area contributed by atoms with Crippen LogP contribution in [0, 0.1) is 13.8 Å². The summed E-state index contributed by atoms with van der Waals surface area (Å²) in [6.07, 6.45) is 6.80. The first kappa shape index (κ1) is 13.1. The van der Waals surface area contributed by atoms with E-state index in [0.717, 1.165) is 16.8 Å². The van der Waals surface area contributed by atoms with E-state index in [1.807, 2.05) is 45.3 Å². The van der Waals surface area contributed by atoms with E-state index in [9.17, 15) is 4.79 Å². The summed E-state index contributed by atoms with van der Waals surface area (Å²) in [7, 11) is 1.84.